The van der Waals surface area contributed by atoms with Crippen LogP contribution in [0.5, 0.6) is 5.75 Å². The highest BCUT2D eigenvalue weighted by atomic mass is 16.5. The normalized spacial score (nSPS) is 18.2. The molecule has 0 unspecified atom stereocenters. The standard InChI is InChI=1S/C17H21N5O2/c1-2-16-19-17(21-20-16)15-12-22(7-9-24-15)6-8-23-14-5-3-4-13(10-14)11-18/h3-5,10,15H,2,6-9,12H2,1H3,(H,19,20,21)/t15-/m0/s1. The Morgan fingerprint density at radius 1 is 1.50 bits per heavy atom. The molecule has 1 aromatic carbocycles. The molecule has 0 saturated carbocycles. The Morgan fingerprint density at radius 3 is 3.21 bits per heavy atom. The lowest BCUT2D eigenvalue weighted by Crippen LogP contribution is -2.40. The number of ether oxygens (including phenoxy) is 2. The lowest BCUT2D eigenvalue weighted by Gasteiger charge is -2.31. The van der Waals surface area contributed by atoms with Crippen molar-refractivity contribution in [3.8, 4) is 11.8 Å². The van der Waals surface area contributed by atoms with E-state index in [4.69, 9.17) is 14.7 Å². The molecule has 1 aliphatic rings. The van der Waals surface area contributed by atoms with Gasteiger partial charge in [0.2, 0.25) is 0 Å². The van der Waals surface area contributed by atoms with Crippen LogP contribution in [-0.4, -0.2) is 52.9 Å². The van der Waals surface area contributed by atoms with Crippen LogP contribution in [0, 0.1) is 11.3 Å². The number of nitrogens with zero attached hydrogens (tertiary/aromatic N) is 4. The number of aromatic amines is 1. The lowest BCUT2D eigenvalue weighted by atomic mass is 10.2. The summed E-state index contributed by atoms with van der Waals surface area (Å²) in [5.74, 6) is 2.33. The van der Waals surface area contributed by atoms with Crippen LogP contribution in [0.1, 0.15) is 30.2 Å². The van der Waals surface area contributed by atoms with Gasteiger partial charge >= 0.3 is 0 Å². The molecule has 0 bridgehead atoms. The van der Waals surface area contributed by atoms with E-state index in [9.17, 15) is 0 Å². The van der Waals surface area contributed by atoms with Gasteiger partial charge in [0.15, 0.2) is 5.82 Å². The van der Waals surface area contributed by atoms with E-state index < -0.39 is 0 Å². The van der Waals surface area contributed by atoms with Gasteiger partial charge in [0.25, 0.3) is 0 Å². The van der Waals surface area contributed by atoms with Gasteiger partial charge in [0.1, 0.15) is 24.3 Å². The molecule has 0 radical (unpaired) electrons. The smallest absolute Gasteiger partial charge is 0.180 e. The molecule has 0 aliphatic carbocycles. The average molecular weight is 327 g/mol. The summed E-state index contributed by atoms with van der Waals surface area (Å²) >= 11 is 0. The number of rotatable bonds is 6. The molecule has 7 nitrogen and oxygen atoms in total. The number of hydrogen-bond acceptors (Lipinski definition) is 6. The summed E-state index contributed by atoms with van der Waals surface area (Å²) in [5.41, 5.74) is 0.607. The molecule has 0 spiro atoms. The summed E-state index contributed by atoms with van der Waals surface area (Å²) in [6.45, 7) is 5.67. The van der Waals surface area contributed by atoms with E-state index in [2.05, 4.69) is 26.2 Å². The van der Waals surface area contributed by atoms with Gasteiger partial charge in [0.05, 0.1) is 18.2 Å². The third-order valence-corrected chi connectivity index (χ3v) is 3.96. The number of nitrogens with one attached hydrogen (secondary N) is 1. The quantitative estimate of drug-likeness (QED) is 0.869. The Kier molecular flexibility index (Phi) is 5.41. The summed E-state index contributed by atoms with van der Waals surface area (Å²) in [7, 11) is 0. The first-order valence-electron chi connectivity index (χ1n) is 8.16. The fraction of sp³-hybridized carbons (Fsp3) is 0.471. The number of benzene rings is 1. The van der Waals surface area contributed by atoms with Gasteiger partial charge in [-0.25, -0.2) is 4.98 Å². The van der Waals surface area contributed by atoms with E-state index in [1.54, 1.807) is 12.1 Å². The van der Waals surface area contributed by atoms with Gasteiger partial charge < -0.3 is 9.47 Å². The molecule has 1 aliphatic heterocycles. The van der Waals surface area contributed by atoms with Gasteiger partial charge in [0, 0.05) is 26.1 Å². The predicted octanol–water partition coefficient (Wildman–Crippen LogP) is 1.69. The minimum Gasteiger partial charge on any atom is -0.492 e. The first-order valence-corrected chi connectivity index (χ1v) is 8.16. The Hall–Kier alpha value is -2.43. The van der Waals surface area contributed by atoms with Crippen molar-refractivity contribution in [3.63, 3.8) is 0 Å². The fourth-order valence-corrected chi connectivity index (χ4v) is 2.62. The largest absolute Gasteiger partial charge is 0.492 e. The van der Waals surface area contributed by atoms with Crippen LogP contribution in [0.2, 0.25) is 0 Å². The monoisotopic (exact) mass is 327 g/mol. The molecule has 126 valence electrons. The van der Waals surface area contributed by atoms with Crippen molar-refractivity contribution in [1.82, 2.24) is 20.1 Å². The van der Waals surface area contributed by atoms with Crippen molar-refractivity contribution in [2.45, 2.75) is 19.4 Å². The molecule has 24 heavy (non-hydrogen) atoms. The second-order valence-corrected chi connectivity index (χ2v) is 5.64. The molecule has 1 atom stereocenters. The number of aryl methyl sites for hydroxylation is 1. The van der Waals surface area contributed by atoms with Crippen molar-refractivity contribution >= 4 is 0 Å². The maximum Gasteiger partial charge on any atom is 0.180 e. The molecule has 2 heterocycles. The van der Waals surface area contributed by atoms with Crippen LogP contribution < -0.4 is 4.74 Å². The highest BCUT2D eigenvalue weighted by molar-refractivity contribution is 5.36. The van der Waals surface area contributed by atoms with Crippen molar-refractivity contribution < 1.29 is 9.47 Å². The number of aromatic nitrogens is 3. The SMILES string of the molecule is CCc1nc([C@@H]2CN(CCOc3cccc(C#N)c3)CCO2)n[nH]1. The van der Waals surface area contributed by atoms with Gasteiger partial charge in [-0.2, -0.15) is 10.4 Å². The molecule has 1 N–H and O–H groups in total. The van der Waals surface area contributed by atoms with Gasteiger partial charge in [-0.3, -0.25) is 10.00 Å². The zero-order valence-electron chi connectivity index (χ0n) is 13.7. The van der Waals surface area contributed by atoms with E-state index in [-0.39, 0.29) is 6.10 Å². The minimum absolute atomic E-state index is 0.0998. The highest BCUT2D eigenvalue weighted by Gasteiger charge is 2.25. The summed E-state index contributed by atoms with van der Waals surface area (Å²) in [4.78, 5) is 6.74. The van der Waals surface area contributed by atoms with E-state index in [0.29, 0.717) is 18.8 Å². The Morgan fingerprint density at radius 2 is 2.42 bits per heavy atom. The Bertz CT molecular complexity index is 709. The van der Waals surface area contributed by atoms with Crippen LogP contribution in [0.25, 0.3) is 0 Å². The average Bonchev–Trinajstić information content (AvgIpc) is 3.11. The second kappa shape index (κ2) is 7.90. The molecule has 1 aromatic heterocycles. The predicted molar refractivity (Wildman–Crippen MR) is 87.5 cm³/mol. The number of morpholine rings is 1. The van der Waals surface area contributed by atoms with E-state index in [0.717, 1.165) is 43.5 Å². The molecule has 1 saturated heterocycles. The van der Waals surface area contributed by atoms with Crippen LogP contribution in [0.4, 0.5) is 0 Å². The molecular formula is C17H21N5O2. The molecular weight excluding hydrogens is 306 g/mol. The summed E-state index contributed by atoms with van der Waals surface area (Å²) in [6, 6.07) is 9.32. The van der Waals surface area contributed by atoms with Gasteiger partial charge in [-0.1, -0.05) is 13.0 Å². The van der Waals surface area contributed by atoms with E-state index in [1.165, 1.54) is 0 Å². The van der Waals surface area contributed by atoms with Gasteiger partial charge in [-0.05, 0) is 18.2 Å². The zero-order valence-corrected chi connectivity index (χ0v) is 13.7. The van der Waals surface area contributed by atoms with Crippen molar-refractivity contribution in [2.75, 3.05) is 32.8 Å². The fourth-order valence-electron chi connectivity index (χ4n) is 2.62. The molecule has 1 fully saturated rings. The van der Waals surface area contributed by atoms with Crippen molar-refractivity contribution in [1.29, 1.82) is 5.26 Å². The number of hydrogen-bond donors (Lipinski definition) is 1. The Labute approximate surface area is 141 Å². The van der Waals surface area contributed by atoms with Crippen LogP contribution in [0.15, 0.2) is 24.3 Å². The Balaban J connectivity index is 1.49. The summed E-state index contributed by atoms with van der Waals surface area (Å²) in [5, 5.41) is 16.1. The molecule has 0 amide bonds. The van der Waals surface area contributed by atoms with Gasteiger partial charge in [-0.15, -0.1) is 0 Å². The third kappa shape index (κ3) is 4.10. The maximum absolute atomic E-state index is 8.91. The molecule has 7 heteroatoms. The van der Waals surface area contributed by atoms with Crippen molar-refractivity contribution in [3.05, 3.63) is 41.5 Å². The number of nitriles is 1. The second-order valence-electron chi connectivity index (χ2n) is 5.64. The van der Waals surface area contributed by atoms with Crippen LogP contribution in [0.3, 0.4) is 0 Å². The summed E-state index contributed by atoms with van der Waals surface area (Å²) < 4.78 is 11.5. The van der Waals surface area contributed by atoms with Crippen molar-refractivity contribution in [2.24, 2.45) is 0 Å². The molecule has 3 rings (SSSR count). The minimum atomic E-state index is -0.0998. The maximum atomic E-state index is 8.91. The number of H-pyrrole nitrogens is 1. The molecule has 2 aromatic rings. The van der Waals surface area contributed by atoms with E-state index in [1.807, 2.05) is 19.1 Å². The van der Waals surface area contributed by atoms with E-state index >= 15 is 0 Å². The summed E-state index contributed by atoms with van der Waals surface area (Å²) in [6.07, 6.45) is 0.733. The van der Waals surface area contributed by atoms with Crippen LogP contribution >= 0.6 is 0 Å². The highest BCUT2D eigenvalue weighted by Crippen LogP contribution is 2.19. The lowest BCUT2D eigenvalue weighted by molar-refractivity contribution is -0.0369. The first-order chi connectivity index (χ1) is 11.8. The van der Waals surface area contributed by atoms with Crippen LogP contribution in [-0.2, 0) is 11.2 Å². The zero-order chi connectivity index (χ0) is 16.8. The first kappa shape index (κ1) is 16.4. The third-order valence-electron chi connectivity index (χ3n) is 3.96. The topological polar surface area (TPSA) is 87.1 Å².